The number of hydrogen-bond donors (Lipinski definition) is 1. The highest BCUT2D eigenvalue weighted by Gasteiger charge is 2.20. The predicted molar refractivity (Wildman–Crippen MR) is 74.5 cm³/mol. The van der Waals surface area contributed by atoms with Gasteiger partial charge in [-0.05, 0) is 38.4 Å². The van der Waals surface area contributed by atoms with Crippen molar-refractivity contribution in [3.63, 3.8) is 0 Å². The fourth-order valence-electron chi connectivity index (χ4n) is 2.81. The number of hydrogen-bond acceptors (Lipinski definition) is 3. The Hall–Kier alpha value is -0.870. The van der Waals surface area contributed by atoms with E-state index in [-0.39, 0.29) is 0 Å². The maximum Gasteiger partial charge on any atom is 0.0666 e. The quantitative estimate of drug-likeness (QED) is 0.829. The van der Waals surface area contributed by atoms with Gasteiger partial charge in [0.1, 0.15) is 0 Å². The standard InChI is InChI=1S/C14H26N4/c1-4-14-13(11-17(3)16-14)9-15-8-12-6-7-18(5-2)10-12/h11-12,15H,4-10H2,1-3H3. The Balaban J connectivity index is 1.75. The van der Waals surface area contributed by atoms with E-state index in [9.17, 15) is 0 Å². The molecule has 2 heterocycles. The maximum absolute atomic E-state index is 4.47. The van der Waals surface area contributed by atoms with Crippen LogP contribution in [0.5, 0.6) is 0 Å². The van der Waals surface area contributed by atoms with E-state index in [0.29, 0.717) is 0 Å². The molecule has 1 aromatic rings. The summed E-state index contributed by atoms with van der Waals surface area (Å²) in [6.07, 6.45) is 4.50. The lowest BCUT2D eigenvalue weighted by Crippen LogP contribution is -2.26. The van der Waals surface area contributed by atoms with Crippen molar-refractivity contribution in [2.24, 2.45) is 13.0 Å². The third-order valence-corrected chi connectivity index (χ3v) is 3.89. The summed E-state index contributed by atoms with van der Waals surface area (Å²) in [7, 11) is 2.00. The normalized spacial score (nSPS) is 20.7. The summed E-state index contributed by atoms with van der Waals surface area (Å²) in [5.74, 6) is 0.826. The highest BCUT2D eigenvalue weighted by molar-refractivity contribution is 5.16. The summed E-state index contributed by atoms with van der Waals surface area (Å²) in [6.45, 7) is 10.2. The van der Waals surface area contributed by atoms with Crippen molar-refractivity contribution in [2.45, 2.75) is 33.2 Å². The van der Waals surface area contributed by atoms with E-state index in [4.69, 9.17) is 0 Å². The van der Waals surface area contributed by atoms with Gasteiger partial charge in [0.2, 0.25) is 0 Å². The lowest BCUT2D eigenvalue weighted by atomic mass is 10.1. The second-order valence-electron chi connectivity index (χ2n) is 5.31. The molecule has 0 bridgehead atoms. The van der Waals surface area contributed by atoms with Gasteiger partial charge >= 0.3 is 0 Å². The van der Waals surface area contributed by atoms with Crippen LogP contribution >= 0.6 is 0 Å². The Morgan fingerprint density at radius 1 is 1.44 bits per heavy atom. The molecule has 0 spiro atoms. The van der Waals surface area contributed by atoms with Crippen molar-refractivity contribution in [3.05, 3.63) is 17.5 Å². The zero-order chi connectivity index (χ0) is 13.0. The first kappa shape index (κ1) is 13.6. The van der Waals surface area contributed by atoms with Gasteiger partial charge in [-0.2, -0.15) is 5.10 Å². The van der Waals surface area contributed by atoms with Crippen LogP contribution in [-0.2, 0) is 20.0 Å². The number of aryl methyl sites for hydroxylation is 2. The Bertz CT molecular complexity index is 372. The minimum absolute atomic E-state index is 0.826. The van der Waals surface area contributed by atoms with Crippen LogP contribution in [0.3, 0.4) is 0 Å². The predicted octanol–water partition coefficient (Wildman–Crippen LogP) is 1.41. The smallest absolute Gasteiger partial charge is 0.0666 e. The molecule has 1 aromatic heterocycles. The summed E-state index contributed by atoms with van der Waals surface area (Å²) in [5, 5.41) is 8.07. The molecule has 0 amide bonds. The van der Waals surface area contributed by atoms with Gasteiger partial charge in [-0.25, -0.2) is 0 Å². The zero-order valence-corrected chi connectivity index (χ0v) is 11.9. The van der Waals surface area contributed by atoms with Crippen molar-refractivity contribution in [1.82, 2.24) is 20.0 Å². The second-order valence-corrected chi connectivity index (χ2v) is 5.31. The highest BCUT2D eigenvalue weighted by atomic mass is 15.3. The monoisotopic (exact) mass is 250 g/mol. The summed E-state index contributed by atoms with van der Waals surface area (Å²) in [5.41, 5.74) is 2.58. The van der Waals surface area contributed by atoms with Gasteiger partial charge in [-0.15, -0.1) is 0 Å². The van der Waals surface area contributed by atoms with E-state index in [2.05, 4.69) is 35.4 Å². The lowest BCUT2D eigenvalue weighted by Gasteiger charge is -2.13. The highest BCUT2D eigenvalue weighted by Crippen LogP contribution is 2.15. The van der Waals surface area contributed by atoms with Gasteiger partial charge in [0.05, 0.1) is 5.69 Å². The molecule has 0 radical (unpaired) electrons. The third kappa shape index (κ3) is 3.33. The zero-order valence-electron chi connectivity index (χ0n) is 11.9. The van der Waals surface area contributed by atoms with Crippen LogP contribution < -0.4 is 5.32 Å². The van der Waals surface area contributed by atoms with E-state index in [0.717, 1.165) is 25.4 Å². The van der Waals surface area contributed by atoms with Gasteiger partial charge in [0, 0.05) is 31.9 Å². The van der Waals surface area contributed by atoms with Crippen molar-refractivity contribution in [3.8, 4) is 0 Å². The summed E-state index contributed by atoms with van der Waals surface area (Å²) < 4.78 is 1.92. The molecular formula is C14H26N4. The second kappa shape index (κ2) is 6.34. The first-order valence-electron chi connectivity index (χ1n) is 7.17. The van der Waals surface area contributed by atoms with Crippen molar-refractivity contribution < 1.29 is 0 Å². The Labute approximate surface area is 110 Å². The average Bonchev–Trinajstić information content (AvgIpc) is 2.96. The molecule has 4 nitrogen and oxygen atoms in total. The van der Waals surface area contributed by atoms with E-state index in [1.165, 1.54) is 37.3 Å². The molecule has 1 N–H and O–H groups in total. The number of likely N-dealkylation sites (tertiary alicyclic amines) is 1. The molecule has 1 aliphatic rings. The summed E-state index contributed by atoms with van der Waals surface area (Å²) in [4.78, 5) is 2.54. The topological polar surface area (TPSA) is 33.1 Å². The molecule has 1 unspecified atom stereocenters. The molecule has 1 fully saturated rings. The summed E-state index contributed by atoms with van der Waals surface area (Å²) in [6, 6.07) is 0. The van der Waals surface area contributed by atoms with Crippen molar-refractivity contribution in [1.29, 1.82) is 0 Å². The minimum Gasteiger partial charge on any atom is -0.312 e. The molecule has 4 heteroatoms. The first-order valence-corrected chi connectivity index (χ1v) is 7.17. The number of aromatic nitrogens is 2. The molecule has 1 saturated heterocycles. The lowest BCUT2D eigenvalue weighted by molar-refractivity contribution is 0.339. The molecule has 18 heavy (non-hydrogen) atoms. The van der Waals surface area contributed by atoms with Gasteiger partial charge < -0.3 is 10.2 Å². The van der Waals surface area contributed by atoms with Gasteiger partial charge in [0.15, 0.2) is 0 Å². The van der Waals surface area contributed by atoms with Crippen LogP contribution in [0.15, 0.2) is 6.20 Å². The van der Waals surface area contributed by atoms with Gasteiger partial charge in [-0.3, -0.25) is 4.68 Å². The van der Waals surface area contributed by atoms with Gasteiger partial charge in [0.25, 0.3) is 0 Å². The number of nitrogens with one attached hydrogen (secondary N) is 1. The molecule has 2 rings (SSSR count). The van der Waals surface area contributed by atoms with Crippen LogP contribution in [-0.4, -0.2) is 40.9 Å². The average molecular weight is 250 g/mol. The maximum atomic E-state index is 4.47. The van der Waals surface area contributed by atoms with Crippen molar-refractivity contribution in [2.75, 3.05) is 26.2 Å². The van der Waals surface area contributed by atoms with E-state index < -0.39 is 0 Å². The van der Waals surface area contributed by atoms with Crippen LogP contribution in [0.2, 0.25) is 0 Å². The van der Waals surface area contributed by atoms with E-state index >= 15 is 0 Å². The Morgan fingerprint density at radius 2 is 2.28 bits per heavy atom. The number of nitrogens with zero attached hydrogens (tertiary/aromatic N) is 3. The van der Waals surface area contributed by atoms with Crippen LogP contribution in [0.25, 0.3) is 0 Å². The molecule has 1 aliphatic heterocycles. The fourth-order valence-corrected chi connectivity index (χ4v) is 2.81. The Morgan fingerprint density at radius 3 is 2.94 bits per heavy atom. The van der Waals surface area contributed by atoms with Crippen LogP contribution in [0, 0.1) is 5.92 Å². The molecule has 0 aliphatic carbocycles. The largest absolute Gasteiger partial charge is 0.312 e. The molecule has 1 atom stereocenters. The van der Waals surface area contributed by atoms with Crippen molar-refractivity contribution >= 4 is 0 Å². The Kier molecular flexibility index (Phi) is 4.78. The first-order chi connectivity index (χ1) is 8.72. The molecule has 102 valence electrons. The van der Waals surface area contributed by atoms with E-state index in [1.807, 2.05) is 11.7 Å². The SMILES string of the molecule is CCc1nn(C)cc1CNCC1CCN(CC)C1. The summed E-state index contributed by atoms with van der Waals surface area (Å²) >= 11 is 0. The minimum atomic E-state index is 0.826. The molecule has 0 saturated carbocycles. The third-order valence-electron chi connectivity index (χ3n) is 3.89. The van der Waals surface area contributed by atoms with E-state index in [1.54, 1.807) is 0 Å². The molecular weight excluding hydrogens is 224 g/mol. The number of rotatable bonds is 6. The van der Waals surface area contributed by atoms with Crippen LogP contribution in [0.1, 0.15) is 31.5 Å². The van der Waals surface area contributed by atoms with Crippen LogP contribution in [0.4, 0.5) is 0 Å². The molecule has 0 aromatic carbocycles. The van der Waals surface area contributed by atoms with Gasteiger partial charge in [-0.1, -0.05) is 13.8 Å². The fraction of sp³-hybridized carbons (Fsp3) is 0.786.